The molecule has 168 valence electrons. The zero-order chi connectivity index (χ0) is 22.9. The Balaban J connectivity index is 1.86. The number of ether oxygens (including phenoxy) is 2. The van der Waals surface area contributed by atoms with Crippen LogP contribution < -0.4 is 15.4 Å². The minimum Gasteiger partial charge on any atom is -0.447 e. The monoisotopic (exact) mass is 449 g/mol. The van der Waals surface area contributed by atoms with E-state index in [-0.39, 0.29) is 37.0 Å². The minimum absolute atomic E-state index is 0.0503. The molecule has 0 aromatic heterocycles. The molecule has 0 aliphatic rings. The van der Waals surface area contributed by atoms with Crippen molar-refractivity contribution in [2.75, 3.05) is 37.5 Å². The SMILES string of the molecule is COCCOC(=O)Nc1cccc(NC(=O)CCNS(=O)(=O)c2cc(C)ccc2C)c1. The summed E-state index contributed by atoms with van der Waals surface area (Å²) in [5, 5.41) is 5.21. The number of anilines is 2. The quantitative estimate of drug-likeness (QED) is 0.480. The van der Waals surface area contributed by atoms with Crippen LogP contribution in [0.25, 0.3) is 0 Å². The molecule has 0 bridgehead atoms. The van der Waals surface area contributed by atoms with E-state index >= 15 is 0 Å². The molecule has 0 atom stereocenters. The van der Waals surface area contributed by atoms with Crippen molar-refractivity contribution in [1.29, 1.82) is 0 Å². The molecule has 2 aromatic rings. The molecule has 9 nitrogen and oxygen atoms in total. The Morgan fingerprint density at radius 2 is 1.68 bits per heavy atom. The van der Waals surface area contributed by atoms with Crippen LogP contribution in [-0.2, 0) is 24.3 Å². The number of benzene rings is 2. The van der Waals surface area contributed by atoms with Crippen molar-refractivity contribution in [2.24, 2.45) is 0 Å². The van der Waals surface area contributed by atoms with Gasteiger partial charge in [0.25, 0.3) is 0 Å². The van der Waals surface area contributed by atoms with E-state index in [1.54, 1.807) is 43.3 Å². The summed E-state index contributed by atoms with van der Waals surface area (Å²) in [4.78, 5) is 24.1. The second-order valence-corrected chi connectivity index (χ2v) is 8.53. The number of rotatable bonds is 10. The molecule has 0 radical (unpaired) electrons. The van der Waals surface area contributed by atoms with E-state index in [1.165, 1.54) is 7.11 Å². The van der Waals surface area contributed by atoms with Crippen molar-refractivity contribution in [3.05, 3.63) is 53.6 Å². The maximum atomic E-state index is 12.5. The third-order valence-corrected chi connectivity index (χ3v) is 5.79. The molecule has 2 rings (SSSR count). The van der Waals surface area contributed by atoms with Gasteiger partial charge in [0.1, 0.15) is 6.61 Å². The normalized spacial score (nSPS) is 11.1. The molecule has 10 heteroatoms. The summed E-state index contributed by atoms with van der Waals surface area (Å²) in [7, 11) is -2.21. The van der Waals surface area contributed by atoms with Crippen molar-refractivity contribution >= 4 is 33.4 Å². The number of carbonyl (C=O) groups excluding carboxylic acids is 2. The largest absolute Gasteiger partial charge is 0.447 e. The standard InChI is InChI=1S/C21H27N3O6S/c1-15-7-8-16(2)19(13-15)31(27,28)22-10-9-20(25)23-17-5-4-6-18(14-17)24-21(26)30-12-11-29-3/h4-8,13-14,22H,9-12H2,1-3H3,(H,23,25)(H,24,26). The van der Waals surface area contributed by atoms with Crippen LogP contribution in [0.4, 0.5) is 16.2 Å². The van der Waals surface area contributed by atoms with Gasteiger partial charge in [0, 0.05) is 31.5 Å². The molecular weight excluding hydrogens is 422 g/mol. The molecule has 0 saturated carbocycles. The first kappa shape index (κ1) is 24.3. The third-order valence-electron chi connectivity index (χ3n) is 4.19. The van der Waals surface area contributed by atoms with E-state index in [4.69, 9.17) is 9.47 Å². The van der Waals surface area contributed by atoms with E-state index < -0.39 is 16.1 Å². The summed E-state index contributed by atoms with van der Waals surface area (Å²) in [6.45, 7) is 3.89. The van der Waals surface area contributed by atoms with Gasteiger partial charge >= 0.3 is 6.09 Å². The molecule has 0 aliphatic heterocycles. The van der Waals surface area contributed by atoms with Crippen LogP contribution >= 0.6 is 0 Å². The highest BCUT2D eigenvalue weighted by atomic mass is 32.2. The molecule has 3 N–H and O–H groups in total. The fourth-order valence-corrected chi connectivity index (χ4v) is 4.00. The van der Waals surface area contributed by atoms with Gasteiger partial charge in [-0.3, -0.25) is 10.1 Å². The van der Waals surface area contributed by atoms with Crippen molar-refractivity contribution in [1.82, 2.24) is 4.72 Å². The van der Waals surface area contributed by atoms with Crippen LogP contribution in [0.2, 0.25) is 0 Å². The first-order chi connectivity index (χ1) is 14.7. The van der Waals surface area contributed by atoms with Gasteiger partial charge in [-0.05, 0) is 49.2 Å². The number of hydrogen-bond donors (Lipinski definition) is 3. The highest BCUT2D eigenvalue weighted by Crippen LogP contribution is 2.17. The third kappa shape index (κ3) is 8.00. The lowest BCUT2D eigenvalue weighted by atomic mass is 10.2. The lowest BCUT2D eigenvalue weighted by Gasteiger charge is -2.11. The summed E-state index contributed by atoms with van der Waals surface area (Å²) in [5.74, 6) is -0.372. The second kappa shape index (κ2) is 11.4. The van der Waals surface area contributed by atoms with Crippen molar-refractivity contribution < 1.29 is 27.5 Å². The predicted molar refractivity (Wildman–Crippen MR) is 118 cm³/mol. The van der Waals surface area contributed by atoms with Gasteiger partial charge in [-0.2, -0.15) is 0 Å². The van der Waals surface area contributed by atoms with Gasteiger partial charge in [0.15, 0.2) is 0 Å². The number of carbonyl (C=O) groups is 2. The average molecular weight is 450 g/mol. The van der Waals surface area contributed by atoms with Gasteiger partial charge in [0.05, 0.1) is 11.5 Å². The second-order valence-electron chi connectivity index (χ2n) is 6.80. The van der Waals surface area contributed by atoms with Crippen LogP contribution in [0.5, 0.6) is 0 Å². The zero-order valence-corrected chi connectivity index (χ0v) is 18.5. The van der Waals surface area contributed by atoms with E-state index in [0.29, 0.717) is 16.9 Å². The van der Waals surface area contributed by atoms with Gasteiger partial charge in [-0.25, -0.2) is 17.9 Å². The smallest absolute Gasteiger partial charge is 0.411 e. The molecule has 0 spiro atoms. The highest BCUT2D eigenvalue weighted by Gasteiger charge is 2.17. The predicted octanol–water partition coefficient (Wildman–Crippen LogP) is 2.81. The van der Waals surface area contributed by atoms with Crippen molar-refractivity contribution in [3.8, 4) is 0 Å². The zero-order valence-electron chi connectivity index (χ0n) is 17.7. The number of methoxy groups -OCH3 is 1. The van der Waals surface area contributed by atoms with Crippen molar-refractivity contribution in [3.63, 3.8) is 0 Å². The molecule has 0 saturated heterocycles. The van der Waals surface area contributed by atoms with Crippen molar-refractivity contribution in [2.45, 2.75) is 25.2 Å². The Morgan fingerprint density at radius 3 is 2.39 bits per heavy atom. The summed E-state index contributed by atoms with van der Waals surface area (Å²) in [5.41, 5.74) is 2.36. The fourth-order valence-electron chi connectivity index (χ4n) is 2.64. The summed E-state index contributed by atoms with van der Waals surface area (Å²) in [6, 6.07) is 11.7. The van der Waals surface area contributed by atoms with E-state index in [1.807, 2.05) is 13.0 Å². The topological polar surface area (TPSA) is 123 Å². The highest BCUT2D eigenvalue weighted by molar-refractivity contribution is 7.89. The Hall–Kier alpha value is -2.95. The molecule has 0 unspecified atom stereocenters. The van der Waals surface area contributed by atoms with Gasteiger partial charge in [-0.15, -0.1) is 0 Å². The average Bonchev–Trinajstić information content (AvgIpc) is 2.70. The van der Waals surface area contributed by atoms with Gasteiger partial charge in [-0.1, -0.05) is 18.2 Å². The Labute approximate surface area is 182 Å². The van der Waals surface area contributed by atoms with E-state index in [0.717, 1.165) is 5.56 Å². The van der Waals surface area contributed by atoms with E-state index in [9.17, 15) is 18.0 Å². The summed E-state index contributed by atoms with van der Waals surface area (Å²) in [6.07, 6.45) is -0.692. The van der Waals surface area contributed by atoms with Crippen LogP contribution in [0.1, 0.15) is 17.5 Å². The number of amides is 2. The number of aryl methyl sites for hydroxylation is 2. The summed E-state index contributed by atoms with van der Waals surface area (Å²) >= 11 is 0. The fraction of sp³-hybridized carbons (Fsp3) is 0.333. The van der Waals surface area contributed by atoms with Gasteiger partial charge < -0.3 is 14.8 Å². The minimum atomic E-state index is -3.71. The lowest BCUT2D eigenvalue weighted by molar-refractivity contribution is -0.116. The van der Waals surface area contributed by atoms with Crippen LogP contribution in [0, 0.1) is 13.8 Å². The molecule has 31 heavy (non-hydrogen) atoms. The van der Waals surface area contributed by atoms with Crippen LogP contribution in [0.15, 0.2) is 47.4 Å². The number of sulfonamides is 1. The molecule has 0 fully saturated rings. The molecule has 2 aromatic carbocycles. The first-order valence-corrected chi connectivity index (χ1v) is 11.1. The first-order valence-electron chi connectivity index (χ1n) is 9.61. The Bertz CT molecular complexity index is 1020. The summed E-state index contributed by atoms with van der Waals surface area (Å²) < 4.78 is 37.1. The van der Waals surface area contributed by atoms with E-state index in [2.05, 4.69) is 15.4 Å². The molecular formula is C21H27N3O6S. The molecule has 0 heterocycles. The van der Waals surface area contributed by atoms with Crippen LogP contribution in [0.3, 0.4) is 0 Å². The molecule has 2 amide bonds. The van der Waals surface area contributed by atoms with Gasteiger partial charge in [0.2, 0.25) is 15.9 Å². The molecule has 0 aliphatic carbocycles. The van der Waals surface area contributed by atoms with Crippen LogP contribution in [-0.4, -0.2) is 47.3 Å². The number of hydrogen-bond acceptors (Lipinski definition) is 6. The Kier molecular flexibility index (Phi) is 8.98. The number of nitrogens with one attached hydrogen (secondary N) is 3. The lowest BCUT2D eigenvalue weighted by Crippen LogP contribution is -2.28. The Morgan fingerprint density at radius 1 is 0.968 bits per heavy atom. The maximum Gasteiger partial charge on any atom is 0.411 e. The maximum absolute atomic E-state index is 12.5.